The summed E-state index contributed by atoms with van der Waals surface area (Å²) >= 11 is 1.53. The summed E-state index contributed by atoms with van der Waals surface area (Å²) in [6, 6.07) is 5.38. The zero-order valence-corrected chi connectivity index (χ0v) is 17.0. The molecule has 2 atom stereocenters. The number of thioether (sulfide) groups is 1. The monoisotopic (exact) mass is 409 g/mol. The van der Waals surface area contributed by atoms with Gasteiger partial charge in [-0.3, -0.25) is 0 Å². The lowest BCUT2D eigenvalue weighted by atomic mass is 9.98. The number of halogens is 1. The zero-order chi connectivity index (χ0) is 19.0. The van der Waals surface area contributed by atoms with E-state index in [0.717, 1.165) is 30.0 Å². The molecule has 8 heteroatoms. The minimum atomic E-state index is -3.63. The third-order valence-corrected chi connectivity index (χ3v) is 8.66. The van der Waals surface area contributed by atoms with Crippen LogP contribution in [-0.2, 0) is 29.9 Å². The summed E-state index contributed by atoms with van der Waals surface area (Å²) in [5.41, 5.74) is 2.36. The smallest absolute Gasteiger partial charge is 0.243 e. The second-order valence-corrected chi connectivity index (χ2v) is 10.3. The van der Waals surface area contributed by atoms with Crippen molar-refractivity contribution in [1.82, 2.24) is 13.9 Å². The van der Waals surface area contributed by atoms with Crippen LogP contribution in [-0.4, -0.2) is 47.3 Å². The van der Waals surface area contributed by atoms with Crippen molar-refractivity contribution >= 4 is 21.8 Å². The highest BCUT2D eigenvalue weighted by Crippen LogP contribution is 2.31. The SMILES string of the molecule is Cn1ccnc1SCC1CCN(S(=O)(=O)c2ccc3c(c2)CCC3)CC1F. The average molecular weight is 410 g/mol. The van der Waals surface area contributed by atoms with Crippen molar-refractivity contribution in [2.45, 2.75) is 41.9 Å². The van der Waals surface area contributed by atoms with E-state index in [0.29, 0.717) is 23.6 Å². The number of aryl methyl sites for hydroxylation is 3. The molecule has 2 aliphatic rings. The molecule has 2 aromatic rings. The molecular formula is C19H24FN3O2S2. The van der Waals surface area contributed by atoms with Gasteiger partial charge in [0.1, 0.15) is 6.17 Å². The molecule has 1 aromatic heterocycles. The summed E-state index contributed by atoms with van der Waals surface area (Å²) in [7, 11) is -1.72. The first kappa shape index (κ1) is 19.0. The van der Waals surface area contributed by atoms with Crippen molar-refractivity contribution in [3.8, 4) is 0 Å². The van der Waals surface area contributed by atoms with Gasteiger partial charge < -0.3 is 4.57 Å². The number of piperidine rings is 1. The van der Waals surface area contributed by atoms with Crippen molar-refractivity contribution in [3.05, 3.63) is 41.7 Å². The van der Waals surface area contributed by atoms with Crippen molar-refractivity contribution in [2.75, 3.05) is 18.8 Å². The van der Waals surface area contributed by atoms with Gasteiger partial charge in [0.2, 0.25) is 10.0 Å². The molecule has 0 saturated carbocycles. The number of fused-ring (bicyclic) bond motifs is 1. The number of alkyl halides is 1. The number of rotatable bonds is 5. The number of hydrogen-bond acceptors (Lipinski definition) is 4. The van der Waals surface area contributed by atoms with Gasteiger partial charge in [0.15, 0.2) is 5.16 Å². The summed E-state index contributed by atoms with van der Waals surface area (Å²) in [6.07, 6.45) is 5.98. The Morgan fingerprint density at radius 2 is 2.11 bits per heavy atom. The molecule has 1 saturated heterocycles. The van der Waals surface area contributed by atoms with E-state index in [2.05, 4.69) is 4.98 Å². The van der Waals surface area contributed by atoms with Crippen LogP contribution in [0.5, 0.6) is 0 Å². The maximum absolute atomic E-state index is 14.7. The van der Waals surface area contributed by atoms with Gasteiger partial charge in [-0.05, 0) is 48.9 Å². The van der Waals surface area contributed by atoms with E-state index in [-0.39, 0.29) is 12.5 Å². The topological polar surface area (TPSA) is 55.2 Å². The van der Waals surface area contributed by atoms with E-state index in [1.54, 1.807) is 18.3 Å². The standard InChI is InChI=1S/C19H24FN3O2S2/c1-22-10-8-21-19(22)26-13-16-7-9-23(12-18(16)20)27(24,25)17-6-5-14-3-2-4-15(14)11-17/h5-6,8,10-11,16,18H,2-4,7,9,12-13H2,1H3. The van der Waals surface area contributed by atoms with Crippen LogP contribution >= 0.6 is 11.8 Å². The number of aromatic nitrogens is 2. The molecule has 4 rings (SSSR count). The molecule has 0 amide bonds. The largest absolute Gasteiger partial charge is 0.329 e. The van der Waals surface area contributed by atoms with Gasteiger partial charge >= 0.3 is 0 Å². The minimum Gasteiger partial charge on any atom is -0.329 e. The van der Waals surface area contributed by atoms with E-state index >= 15 is 0 Å². The van der Waals surface area contributed by atoms with Crippen LogP contribution in [0.2, 0.25) is 0 Å². The van der Waals surface area contributed by atoms with Gasteiger partial charge in [-0.1, -0.05) is 17.8 Å². The van der Waals surface area contributed by atoms with Gasteiger partial charge in [-0.25, -0.2) is 17.8 Å². The van der Waals surface area contributed by atoms with Crippen LogP contribution in [0.3, 0.4) is 0 Å². The van der Waals surface area contributed by atoms with Gasteiger partial charge in [0.05, 0.1) is 4.90 Å². The summed E-state index contributed by atoms with van der Waals surface area (Å²) in [5, 5.41) is 0.857. The Bertz CT molecular complexity index is 929. The van der Waals surface area contributed by atoms with E-state index < -0.39 is 16.2 Å². The molecule has 1 fully saturated rings. The van der Waals surface area contributed by atoms with Crippen LogP contribution in [0.1, 0.15) is 24.0 Å². The normalized spacial score (nSPS) is 23.5. The highest BCUT2D eigenvalue weighted by Gasteiger charge is 2.36. The zero-order valence-electron chi connectivity index (χ0n) is 15.3. The first-order chi connectivity index (χ1) is 12.9. The van der Waals surface area contributed by atoms with Crippen molar-refractivity contribution in [1.29, 1.82) is 0 Å². The number of sulfonamides is 1. The minimum absolute atomic E-state index is 0.0643. The highest BCUT2D eigenvalue weighted by molar-refractivity contribution is 7.99. The average Bonchev–Trinajstić information content (AvgIpc) is 3.28. The Hall–Kier alpha value is -1.38. The van der Waals surface area contributed by atoms with Crippen LogP contribution < -0.4 is 0 Å². The maximum atomic E-state index is 14.7. The Labute approximate surface area is 164 Å². The predicted octanol–water partition coefficient (Wildman–Crippen LogP) is 3.05. The molecular weight excluding hydrogens is 385 g/mol. The highest BCUT2D eigenvalue weighted by atomic mass is 32.2. The number of benzene rings is 1. The summed E-state index contributed by atoms with van der Waals surface area (Å²) in [6.45, 7) is 0.302. The van der Waals surface area contributed by atoms with Crippen molar-refractivity contribution < 1.29 is 12.8 Å². The second kappa shape index (κ2) is 7.56. The van der Waals surface area contributed by atoms with Gasteiger partial charge in [-0.2, -0.15) is 4.31 Å². The van der Waals surface area contributed by atoms with E-state index in [9.17, 15) is 12.8 Å². The third kappa shape index (κ3) is 3.79. The van der Waals surface area contributed by atoms with Crippen LogP contribution in [0.4, 0.5) is 4.39 Å². The molecule has 0 radical (unpaired) electrons. The lowest BCUT2D eigenvalue weighted by molar-refractivity contribution is 0.146. The fourth-order valence-corrected chi connectivity index (χ4v) is 6.51. The quantitative estimate of drug-likeness (QED) is 0.713. The molecule has 27 heavy (non-hydrogen) atoms. The van der Waals surface area contributed by atoms with E-state index in [1.165, 1.54) is 21.6 Å². The molecule has 1 aliphatic carbocycles. The second-order valence-electron chi connectivity index (χ2n) is 7.34. The van der Waals surface area contributed by atoms with E-state index in [1.807, 2.05) is 23.9 Å². The number of nitrogens with zero attached hydrogens (tertiary/aromatic N) is 3. The summed E-state index contributed by atoms with van der Waals surface area (Å²) in [4.78, 5) is 4.55. The lowest BCUT2D eigenvalue weighted by Crippen LogP contribution is -2.45. The lowest BCUT2D eigenvalue weighted by Gasteiger charge is -2.33. The molecule has 2 heterocycles. The first-order valence-electron chi connectivity index (χ1n) is 9.31. The van der Waals surface area contributed by atoms with Gasteiger partial charge in [-0.15, -0.1) is 0 Å². The number of hydrogen-bond donors (Lipinski definition) is 0. The molecule has 0 bridgehead atoms. The Kier molecular flexibility index (Phi) is 5.31. The van der Waals surface area contributed by atoms with Crippen LogP contribution in [0, 0.1) is 5.92 Å². The van der Waals surface area contributed by atoms with Crippen LogP contribution in [0.25, 0.3) is 0 Å². The van der Waals surface area contributed by atoms with Gasteiger partial charge in [0, 0.05) is 44.2 Å². The predicted molar refractivity (Wildman–Crippen MR) is 104 cm³/mol. The van der Waals surface area contributed by atoms with E-state index in [4.69, 9.17) is 0 Å². The Morgan fingerprint density at radius 1 is 1.30 bits per heavy atom. The summed E-state index contributed by atoms with van der Waals surface area (Å²) < 4.78 is 43.9. The maximum Gasteiger partial charge on any atom is 0.243 e. The molecule has 0 N–H and O–H groups in total. The summed E-state index contributed by atoms with van der Waals surface area (Å²) in [5.74, 6) is 0.455. The van der Waals surface area contributed by atoms with Crippen LogP contribution in [0.15, 0.2) is 40.6 Å². The fraction of sp³-hybridized carbons (Fsp3) is 0.526. The molecule has 5 nitrogen and oxygen atoms in total. The molecule has 146 valence electrons. The third-order valence-electron chi connectivity index (χ3n) is 5.55. The number of imidazole rings is 1. The fourth-order valence-electron chi connectivity index (χ4n) is 3.86. The van der Waals surface area contributed by atoms with Crippen molar-refractivity contribution in [3.63, 3.8) is 0 Å². The Balaban J connectivity index is 1.42. The Morgan fingerprint density at radius 3 is 2.85 bits per heavy atom. The molecule has 1 aliphatic heterocycles. The molecule has 0 spiro atoms. The van der Waals surface area contributed by atoms with Gasteiger partial charge in [0.25, 0.3) is 0 Å². The first-order valence-corrected chi connectivity index (χ1v) is 11.7. The molecule has 2 unspecified atom stereocenters. The molecule has 1 aromatic carbocycles. The van der Waals surface area contributed by atoms with Crippen molar-refractivity contribution in [2.24, 2.45) is 13.0 Å².